The monoisotopic (exact) mass is 495 g/mol. The third-order valence-corrected chi connectivity index (χ3v) is 7.75. The van der Waals surface area contributed by atoms with Crippen LogP contribution in [-0.4, -0.2) is 11.9 Å². The Kier molecular flexibility index (Phi) is 4.57. The highest BCUT2D eigenvalue weighted by Crippen LogP contribution is 2.59. The van der Waals surface area contributed by atoms with E-state index in [4.69, 9.17) is 9.47 Å². The third-order valence-electron chi connectivity index (χ3n) is 7.75. The number of benzene rings is 5. The fourth-order valence-corrected chi connectivity index (χ4v) is 6.04. The minimum atomic E-state index is -0.0336. The first-order valence-corrected chi connectivity index (χ1v) is 12.9. The van der Waals surface area contributed by atoms with Gasteiger partial charge in [0.15, 0.2) is 23.0 Å². The summed E-state index contributed by atoms with van der Waals surface area (Å²) in [5.41, 5.74) is 7.80. The topological polar surface area (TPSA) is 37.0 Å². The summed E-state index contributed by atoms with van der Waals surface area (Å²) < 4.78 is 12.7. The molecule has 5 aromatic carbocycles. The zero-order valence-corrected chi connectivity index (χ0v) is 20.8. The number of nitrogens with one attached hydrogen (secondary N) is 1. The number of ether oxygens (including phenoxy) is 2. The number of nitrogens with zero attached hydrogens (tertiary/aromatic N) is 2. The summed E-state index contributed by atoms with van der Waals surface area (Å²) in [7, 11) is 2.19. The lowest BCUT2D eigenvalue weighted by Gasteiger charge is -2.43. The Labute approximate surface area is 221 Å². The van der Waals surface area contributed by atoms with Crippen LogP contribution in [0.25, 0.3) is 0 Å². The Bertz CT molecular complexity index is 1700. The third kappa shape index (κ3) is 3.09. The van der Waals surface area contributed by atoms with Gasteiger partial charge >= 0.3 is 0 Å². The Morgan fingerprint density at radius 1 is 0.605 bits per heavy atom. The summed E-state index contributed by atoms with van der Waals surface area (Å²) >= 11 is 0. The van der Waals surface area contributed by atoms with Gasteiger partial charge in [-0.2, -0.15) is 0 Å². The lowest BCUT2D eigenvalue weighted by molar-refractivity contribution is 0.209. The summed E-state index contributed by atoms with van der Waals surface area (Å²) in [5.74, 6) is 3.25. The van der Waals surface area contributed by atoms with Crippen molar-refractivity contribution >= 4 is 22.7 Å². The summed E-state index contributed by atoms with van der Waals surface area (Å²) in [5, 5.41) is 3.79. The molecular formula is C33H25N3O2. The van der Waals surface area contributed by atoms with Crippen LogP contribution in [0, 0.1) is 0 Å². The number of hydrogen-bond acceptors (Lipinski definition) is 5. The quantitative estimate of drug-likeness (QED) is 0.260. The molecular weight excluding hydrogens is 470 g/mol. The van der Waals surface area contributed by atoms with Crippen LogP contribution in [0.4, 0.5) is 22.7 Å². The van der Waals surface area contributed by atoms with E-state index in [2.05, 4.69) is 101 Å². The van der Waals surface area contributed by atoms with Crippen molar-refractivity contribution in [3.05, 3.63) is 132 Å². The van der Waals surface area contributed by atoms with Gasteiger partial charge in [0, 0.05) is 5.69 Å². The second-order valence-corrected chi connectivity index (χ2v) is 9.95. The van der Waals surface area contributed by atoms with Crippen molar-refractivity contribution in [3.8, 4) is 23.0 Å². The van der Waals surface area contributed by atoms with Gasteiger partial charge < -0.3 is 14.8 Å². The van der Waals surface area contributed by atoms with Crippen molar-refractivity contribution in [3.63, 3.8) is 0 Å². The van der Waals surface area contributed by atoms with Crippen LogP contribution < -0.4 is 19.7 Å². The van der Waals surface area contributed by atoms with Crippen LogP contribution in [0.5, 0.6) is 23.0 Å². The van der Waals surface area contributed by atoms with Crippen molar-refractivity contribution in [1.82, 2.24) is 4.90 Å². The minimum absolute atomic E-state index is 0.0336. The SMILES string of the molecule is CN1C(c2ccc3c(c2)Oc2cccc4c2N3c2ccccc2O4)Nc2ccccc2C1c1ccccc1. The predicted octanol–water partition coefficient (Wildman–Crippen LogP) is 8.51. The molecule has 38 heavy (non-hydrogen) atoms. The van der Waals surface area contributed by atoms with Crippen LogP contribution >= 0.6 is 0 Å². The molecule has 0 spiro atoms. The molecule has 3 aliphatic heterocycles. The van der Waals surface area contributed by atoms with E-state index in [1.807, 2.05) is 36.4 Å². The molecule has 0 aromatic heterocycles. The van der Waals surface area contributed by atoms with E-state index < -0.39 is 0 Å². The van der Waals surface area contributed by atoms with Gasteiger partial charge in [0.25, 0.3) is 0 Å². The largest absolute Gasteiger partial charge is 0.453 e. The van der Waals surface area contributed by atoms with Gasteiger partial charge in [-0.1, -0.05) is 72.8 Å². The Morgan fingerprint density at radius 3 is 2.16 bits per heavy atom. The molecule has 5 nitrogen and oxygen atoms in total. The van der Waals surface area contributed by atoms with E-state index in [0.29, 0.717) is 0 Å². The maximum atomic E-state index is 6.52. The Balaban J connectivity index is 1.24. The summed E-state index contributed by atoms with van der Waals surface area (Å²) in [6.07, 6.45) is -0.0336. The molecule has 184 valence electrons. The van der Waals surface area contributed by atoms with Crippen molar-refractivity contribution in [1.29, 1.82) is 0 Å². The summed E-state index contributed by atoms with van der Waals surface area (Å²) in [6.45, 7) is 0. The van der Waals surface area contributed by atoms with Gasteiger partial charge in [-0.05, 0) is 66.2 Å². The van der Waals surface area contributed by atoms with Crippen molar-refractivity contribution in [2.75, 3.05) is 17.3 Å². The normalized spacial score (nSPS) is 18.6. The second-order valence-electron chi connectivity index (χ2n) is 9.95. The Morgan fingerprint density at radius 2 is 1.29 bits per heavy atom. The van der Waals surface area contributed by atoms with E-state index in [0.717, 1.165) is 51.3 Å². The minimum Gasteiger partial charge on any atom is -0.453 e. The van der Waals surface area contributed by atoms with E-state index in [-0.39, 0.29) is 12.2 Å². The molecule has 0 amide bonds. The maximum Gasteiger partial charge on any atom is 0.155 e. The molecule has 3 aliphatic rings. The average molecular weight is 496 g/mol. The van der Waals surface area contributed by atoms with Gasteiger partial charge in [0.1, 0.15) is 11.9 Å². The lowest BCUT2D eigenvalue weighted by Crippen LogP contribution is -2.39. The lowest BCUT2D eigenvalue weighted by atomic mass is 9.91. The molecule has 2 atom stereocenters. The smallest absolute Gasteiger partial charge is 0.155 e. The molecule has 0 saturated heterocycles. The maximum absolute atomic E-state index is 6.52. The van der Waals surface area contributed by atoms with Crippen LogP contribution in [0.15, 0.2) is 115 Å². The highest BCUT2D eigenvalue weighted by atomic mass is 16.5. The van der Waals surface area contributed by atoms with Gasteiger partial charge in [-0.3, -0.25) is 9.80 Å². The first kappa shape index (κ1) is 21.4. The number of rotatable bonds is 2. The first-order chi connectivity index (χ1) is 18.8. The van der Waals surface area contributed by atoms with Gasteiger partial charge in [0.05, 0.1) is 17.4 Å². The molecule has 8 rings (SSSR count). The van der Waals surface area contributed by atoms with Crippen LogP contribution in [0.2, 0.25) is 0 Å². The van der Waals surface area contributed by atoms with E-state index >= 15 is 0 Å². The molecule has 5 heteroatoms. The molecule has 0 fully saturated rings. The zero-order chi connectivity index (χ0) is 25.2. The van der Waals surface area contributed by atoms with Crippen LogP contribution in [0.3, 0.4) is 0 Å². The molecule has 3 heterocycles. The standard InChI is InChI=1S/C33H25N3O2/c1-35-31(21-10-3-2-4-11-21)23-12-5-6-13-24(23)34-33(35)22-18-19-26-30(20-22)38-29-17-9-16-28-32(29)36(26)25-14-7-8-15-27(25)37-28/h2-20,31,33-34H,1H3. The average Bonchev–Trinajstić information content (AvgIpc) is 2.97. The fourth-order valence-electron chi connectivity index (χ4n) is 6.04. The number of fused-ring (bicyclic) bond motifs is 5. The molecule has 5 aromatic rings. The molecule has 0 saturated carbocycles. The first-order valence-electron chi connectivity index (χ1n) is 12.9. The summed E-state index contributed by atoms with van der Waals surface area (Å²) in [6, 6.07) is 40.1. The molecule has 0 aliphatic carbocycles. The summed E-state index contributed by atoms with van der Waals surface area (Å²) in [4.78, 5) is 4.66. The zero-order valence-electron chi connectivity index (χ0n) is 20.8. The van der Waals surface area contributed by atoms with E-state index in [1.54, 1.807) is 0 Å². The van der Waals surface area contributed by atoms with Gasteiger partial charge in [0.2, 0.25) is 0 Å². The van der Waals surface area contributed by atoms with Gasteiger partial charge in [-0.25, -0.2) is 0 Å². The number of para-hydroxylation sites is 4. The molecule has 2 unspecified atom stereocenters. The van der Waals surface area contributed by atoms with Crippen LogP contribution in [-0.2, 0) is 0 Å². The molecule has 0 radical (unpaired) electrons. The van der Waals surface area contributed by atoms with Gasteiger partial charge in [-0.15, -0.1) is 0 Å². The number of anilines is 4. The Hall–Kier alpha value is -4.74. The predicted molar refractivity (Wildman–Crippen MR) is 150 cm³/mol. The van der Waals surface area contributed by atoms with Crippen molar-refractivity contribution in [2.24, 2.45) is 0 Å². The van der Waals surface area contributed by atoms with Crippen LogP contribution in [0.1, 0.15) is 28.9 Å². The number of hydrogen-bond donors (Lipinski definition) is 1. The fraction of sp³-hybridized carbons (Fsp3) is 0.0909. The van der Waals surface area contributed by atoms with Crippen molar-refractivity contribution < 1.29 is 9.47 Å². The van der Waals surface area contributed by atoms with E-state index in [1.165, 1.54) is 11.1 Å². The van der Waals surface area contributed by atoms with Crippen molar-refractivity contribution in [2.45, 2.75) is 12.2 Å². The highest BCUT2D eigenvalue weighted by molar-refractivity contribution is 5.93. The van der Waals surface area contributed by atoms with E-state index in [9.17, 15) is 0 Å². The molecule has 1 N–H and O–H groups in total. The second kappa shape index (κ2) is 8.13. The highest BCUT2D eigenvalue weighted by Gasteiger charge is 2.37. The molecule has 0 bridgehead atoms.